The molecule has 0 radical (unpaired) electrons. The van der Waals surface area contributed by atoms with Gasteiger partial charge in [-0.05, 0) is 25.2 Å². The van der Waals surface area contributed by atoms with E-state index in [2.05, 4.69) is 0 Å². The number of nitrogens with zero attached hydrogens (tertiary/aromatic N) is 2. The first-order valence-electron chi connectivity index (χ1n) is 7.10. The van der Waals surface area contributed by atoms with Crippen LogP contribution in [0.15, 0.2) is 0 Å². The van der Waals surface area contributed by atoms with Crippen LogP contribution in [-0.2, 0) is 19.7 Å². The van der Waals surface area contributed by atoms with Crippen molar-refractivity contribution >= 4 is 10.2 Å². The fourth-order valence-corrected chi connectivity index (χ4v) is 4.60. The van der Waals surface area contributed by atoms with Crippen LogP contribution in [0.2, 0.25) is 0 Å². The standard InChI is InChI=1S/C12H22N2O4S/c15-19(16,13-4-7-17-8-5-13)14(12-1-2-12)9-11-3-6-18-10-11/h11-12H,1-10H2. The smallest absolute Gasteiger partial charge is 0.282 e. The first kappa shape index (κ1) is 13.8. The zero-order valence-corrected chi connectivity index (χ0v) is 12.0. The van der Waals surface area contributed by atoms with E-state index < -0.39 is 10.2 Å². The molecule has 2 saturated heterocycles. The topological polar surface area (TPSA) is 59.1 Å². The van der Waals surface area contributed by atoms with E-state index >= 15 is 0 Å². The van der Waals surface area contributed by atoms with Crippen LogP contribution in [-0.4, -0.2) is 69.1 Å². The summed E-state index contributed by atoms with van der Waals surface area (Å²) < 4.78 is 39.3. The fraction of sp³-hybridized carbons (Fsp3) is 1.00. The first-order valence-corrected chi connectivity index (χ1v) is 8.50. The van der Waals surface area contributed by atoms with Crippen molar-refractivity contribution in [2.75, 3.05) is 46.1 Å². The van der Waals surface area contributed by atoms with E-state index in [1.807, 2.05) is 0 Å². The summed E-state index contributed by atoms with van der Waals surface area (Å²) in [5.74, 6) is 0.358. The third-order valence-electron chi connectivity index (χ3n) is 4.01. The van der Waals surface area contributed by atoms with Gasteiger partial charge in [0, 0.05) is 32.3 Å². The van der Waals surface area contributed by atoms with Crippen LogP contribution in [0.5, 0.6) is 0 Å². The van der Waals surface area contributed by atoms with Gasteiger partial charge in [0.1, 0.15) is 0 Å². The summed E-state index contributed by atoms with van der Waals surface area (Å²) in [5, 5.41) is 0. The zero-order chi connectivity index (χ0) is 13.3. The number of morpholine rings is 1. The van der Waals surface area contributed by atoms with Gasteiger partial charge >= 0.3 is 0 Å². The summed E-state index contributed by atoms with van der Waals surface area (Å²) in [6.45, 7) is 4.04. The van der Waals surface area contributed by atoms with Gasteiger partial charge in [-0.1, -0.05) is 0 Å². The van der Waals surface area contributed by atoms with Crippen LogP contribution in [0.4, 0.5) is 0 Å². The zero-order valence-electron chi connectivity index (χ0n) is 11.2. The highest BCUT2D eigenvalue weighted by atomic mass is 32.2. The second-order valence-electron chi connectivity index (χ2n) is 5.55. The quantitative estimate of drug-likeness (QED) is 0.719. The van der Waals surface area contributed by atoms with Gasteiger partial charge in [0.05, 0.1) is 19.8 Å². The van der Waals surface area contributed by atoms with Crippen molar-refractivity contribution in [3.05, 3.63) is 0 Å². The molecule has 7 heteroatoms. The number of hydrogen-bond donors (Lipinski definition) is 0. The molecule has 1 unspecified atom stereocenters. The van der Waals surface area contributed by atoms with Crippen LogP contribution in [0.25, 0.3) is 0 Å². The summed E-state index contributed by atoms with van der Waals surface area (Å²) in [4.78, 5) is 0. The van der Waals surface area contributed by atoms with Crippen molar-refractivity contribution in [2.45, 2.75) is 25.3 Å². The van der Waals surface area contributed by atoms with E-state index in [0.717, 1.165) is 25.9 Å². The summed E-state index contributed by atoms with van der Waals surface area (Å²) in [6.07, 6.45) is 2.97. The Morgan fingerprint density at radius 3 is 2.37 bits per heavy atom. The van der Waals surface area contributed by atoms with Gasteiger partial charge < -0.3 is 9.47 Å². The van der Waals surface area contributed by atoms with Gasteiger partial charge in [0.15, 0.2) is 0 Å². The number of hydrogen-bond acceptors (Lipinski definition) is 4. The monoisotopic (exact) mass is 290 g/mol. The molecule has 1 saturated carbocycles. The summed E-state index contributed by atoms with van der Waals surface area (Å²) in [5.41, 5.74) is 0. The lowest BCUT2D eigenvalue weighted by atomic mass is 10.1. The predicted octanol–water partition coefficient (Wildman–Crippen LogP) is 0.0643. The average molecular weight is 290 g/mol. The minimum Gasteiger partial charge on any atom is -0.381 e. The van der Waals surface area contributed by atoms with Crippen molar-refractivity contribution < 1.29 is 17.9 Å². The molecule has 3 fully saturated rings. The molecule has 2 aliphatic heterocycles. The molecule has 6 nitrogen and oxygen atoms in total. The number of ether oxygens (including phenoxy) is 2. The predicted molar refractivity (Wildman–Crippen MR) is 70.0 cm³/mol. The molecule has 0 bridgehead atoms. The minimum absolute atomic E-state index is 0.216. The molecule has 1 atom stereocenters. The Kier molecular flexibility index (Phi) is 4.09. The second-order valence-corrected chi connectivity index (χ2v) is 7.43. The van der Waals surface area contributed by atoms with Crippen LogP contribution in [0.3, 0.4) is 0 Å². The van der Waals surface area contributed by atoms with E-state index in [0.29, 0.717) is 45.4 Å². The molecule has 0 amide bonds. The SMILES string of the molecule is O=S(=O)(N1CCOCC1)N(CC1CCOC1)C1CC1. The maximum atomic E-state index is 12.7. The van der Waals surface area contributed by atoms with Gasteiger partial charge in [-0.15, -0.1) is 0 Å². The van der Waals surface area contributed by atoms with E-state index in [1.54, 1.807) is 8.61 Å². The highest BCUT2D eigenvalue weighted by molar-refractivity contribution is 7.86. The Bertz CT molecular complexity index is 398. The Balaban J connectivity index is 1.70. The normalized spacial score (nSPS) is 30.1. The highest BCUT2D eigenvalue weighted by Gasteiger charge is 2.42. The van der Waals surface area contributed by atoms with Crippen LogP contribution >= 0.6 is 0 Å². The fourth-order valence-electron chi connectivity index (χ4n) is 2.70. The maximum Gasteiger partial charge on any atom is 0.282 e. The van der Waals surface area contributed by atoms with Crippen molar-refractivity contribution in [2.24, 2.45) is 5.92 Å². The molecule has 2 heterocycles. The van der Waals surface area contributed by atoms with Crippen LogP contribution in [0, 0.1) is 5.92 Å². The molecule has 110 valence electrons. The lowest BCUT2D eigenvalue weighted by molar-refractivity contribution is 0.0695. The Hall–Kier alpha value is -0.210. The van der Waals surface area contributed by atoms with Crippen molar-refractivity contribution in [3.63, 3.8) is 0 Å². The number of rotatable bonds is 5. The summed E-state index contributed by atoms with van der Waals surface area (Å²) in [7, 11) is -3.32. The van der Waals surface area contributed by atoms with Crippen LogP contribution in [0.1, 0.15) is 19.3 Å². The molecule has 0 N–H and O–H groups in total. The van der Waals surface area contributed by atoms with Crippen molar-refractivity contribution in [3.8, 4) is 0 Å². The maximum absolute atomic E-state index is 12.7. The van der Waals surface area contributed by atoms with E-state index in [9.17, 15) is 8.42 Å². The third kappa shape index (κ3) is 3.11. The van der Waals surface area contributed by atoms with Gasteiger partial charge in [-0.2, -0.15) is 17.0 Å². The van der Waals surface area contributed by atoms with Gasteiger partial charge in [0.2, 0.25) is 0 Å². The van der Waals surface area contributed by atoms with E-state index in [-0.39, 0.29) is 6.04 Å². The van der Waals surface area contributed by atoms with Crippen molar-refractivity contribution in [1.29, 1.82) is 0 Å². The summed E-state index contributed by atoms with van der Waals surface area (Å²) in [6, 6.07) is 0.216. The molecule has 19 heavy (non-hydrogen) atoms. The van der Waals surface area contributed by atoms with E-state index in [1.165, 1.54) is 0 Å². The molecule has 3 rings (SSSR count). The molecule has 0 aromatic carbocycles. The van der Waals surface area contributed by atoms with Gasteiger partial charge in [-0.3, -0.25) is 0 Å². The van der Waals surface area contributed by atoms with E-state index in [4.69, 9.17) is 9.47 Å². The molecule has 0 spiro atoms. The minimum atomic E-state index is -3.32. The van der Waals surface area contributed by atoms with Gasteiger partial charge in [-0.25, -0.2) is 0 Å². The Morgan fingerprint density at radius 2 is 1.79 bits per heavy atom. The lowest BCUT2D eigenvalue weighted by Crippen LogP contribution is -2.50. The molecule has 1 aliphatic carbocycles. The van der Waals surface area contributed by atoms with Gasteiger partial charge in [0.25, 0.3) is 10.2 Å². The highest BCUT2D eigenvalue weighted by Crippen LogP contribution is 2.32. The Labute approximate surface area is 114 Å². The lowest BCUT2D eigenvalue weighted by Gasteiger charge is -2.33. The largest absolute Gasteiger partial charge is 0.381 e. The molecule has 3 aliphatic rings. The molecule has 0 aromatic rings. The molecular weight excluding hydrogens is 268 g/mol. The van der Waals surface area contributed by atoms with Crippen molar-refractivity contribution in [1.82, 2.24) is 8.61 Å². The first-order chi connectivity index (χ1) is 9.18. The second kappa shape index (κ2) is 5.65. The van der Waals surface area contributed by atoms with Crippen LogP contribution < -0.4 is 0 Å². The third-order valence-corrected chi connectivity index (χ3v) is 6.07. The average Bonchev–Trinajstić information content (AvgIpc) is 3.13. The summed E-state index contributed by atoms with van der Waals surface area (Å²) >= 11 is 0. The molecular formula is C12H22N2O4S. The molecule has 0 aromatic heterocycles. The Morgan fingerprint density at radius 1 is 1.05 bits per heavy atom.